The molecule has 0 radical (unpaired) electrons. The average molecular weight is 493 g/mol. The number of benzene rings is 8. The molecule has 0 saturated heterocycles. The molecule has 38 heavy (non-hydrogen) atoms. The van der Waals surface area contributed by atoms with Gasteiger partial charge in [-0.2, -0.15) is 0 Å². The number of hydrogen-bond donors (Lipinski definition) is 0. The van der Waals surface area contributed by atoms with E-state index in [1.807, 2.05) is 27.7 Å². The van der Waals surface area contributed by atoms with Gasteiger partial charge in [-0.1, -0.05) is 100 Å². The summed E-state index contributed by atoms with van der Waals surface area (Å²) >= 11 is 0. The first-order valence-corrected chi connectivity index (χ1v) is 14.2. The first-order valence-electron chi connectivity index (χ1n) is 14.2. The lowest BCUT2D eigenvalue weighted by Gasteiger charge is -2.21. The van der Waals surface area contributed by atoms with Crippen LogP contribution < -0.4 is 0 Å². The summed E-state index contributed by atoms with van der Waals surface area (Å²) in [5, 5.41) is 19.5. The molecule has 0 N–H and O–H groups in total. The summed E-state index contributed by atoms with van der Waals surface area (Å²) in [6.45, 7) is 17.0. The van der Waals surface area contributed by atoms with Crippen molar-refractivity contribution in [1.29, 1.82) is 0 Å². The van der Waals surface area contributed by atoms with E-state index in [0.717, 1.165) is 0 Å². The van der Waals surface area contributed by atoms with Gasteiger partial charge >= 0.3 is 0 Å². The van der Waals surface area contributed by atoms with Gasteiger partial charge in [-0.15, -0.1) is 0 Å². The summed E-state index contributed by atoms with van der Waals surface area (Å²) in [6.07, 6.45) is 0. The highest BCUT2D eigenvalue weighted by Crippen LogP contribution is 2.48. The fraction of sp³-hybridized carbons (Fsp3) is 0.211. The normalized spacial score (nSPS) is 11.7. The van der Waals surface area contributed by atoms with E-state index in [1.54, 1.807) is 0 Å². The third kappa shape index (κ3) is 2.98. The summed E-state index contributed by atoms with van der Waals surface area (Å²) in [5.41, 5.74) is 5.44. The number of fused-ring (bicyclic) bond motifs is 4. The van der Waals surface area contributed by atoms with Crippen molar-refractivity contribution in [1.82, 2.24) is 0 Å². The fourth-order valence-electron chi connectivity index (χ4n) is 7.03. The Balaban J connectivity index is 0.000000633. The van der Waals surface area contributed by atoms with E-state index in [1.165, 1.54) is 97.7 Å². The molecule has 0 aliphatic carbocycles. The highest BCUT2D eigenvalue weighted by molar-refractivity contribution is 6.42. The zero-order chi connectivity index (χ0) is 26.9. The lowest BCUT2D eigenvalue weighted by molar-refractivity contribution is 1.48. The van der Waals surface area contributed by atoms with E-state index in [9.17, 15) is 0 Å². The maximum absolute atomic E-state index is 2.38. The predicted octanol–water partition coefficient (Wildman–Crippen LogP) is 11.9. The Labute approximate surface area is 225 Å². The third-order valence-corrected chi connectivity index (χ3v) is 8.48. The Morgan fingerprint density at radius 1 is 0.237 bits per heavy atom. The van der Waals surface area contributed by atoms with Crippen LogP contribution in [-0.2, 0) is 0 Å². The van der Waals surface area contributed by atoms with Crippen LogP contribution in [-0.4, -0.2) is 0 Å². The van der Waals surface area contributed by atoms with Gasteiger partial charge in [0.15, 0.2) is 0 Å². The minimum atomic E-state index is 1.36. The maximum Gasteiger partial charge on any atom is -0.00139 e. The van der Waals surface area contributed by atoms with Crippen LogP contribution in [0.25, 0.3) is 75.4 Å². The molecular weight excluding hydrogens is 456 g/mol. The molecule has 0 amide bonds. The monoisotopic (exact) mass is 492 g/mol. The molecule has 0 unspecified atom stereocenters. The molecule has 0 aliphatic heterocycles. The van der Waals surface area contributed by atoms with Crippen molar-refractivity contribution >= 4 is 75.4 Å². The SMILES string of the molecule is CC.CC.Cc1ccc2c3ccc4c5ccc(C)c6c(C)ccc(c7ccc(c8ccc(C)c1c28)c3c47)c65. The van der Waals surface area contributed by atoms with Crippen molar-refractivity contribution in [3.8, 4) is 0 Å². The van der Waals surface area contributed by atoms with Crippen molar-refractivity contribution < 1.29 is 0 Å². The number of aryl methyl sites for hydroxylation is 4. The van der Waals surface area contributed by atoms with Gasteiger partial charge in [-0.3, -0.25) is 0 Å². The van der Waals surface area contributed by atoms with Crippen LogP contribution in [0.4, 0.5) is 0 Å². The van der Waals surface area contributed by atoms with Gasteiger partial charge in [0.25, 0.3) is 0 Å². The molecule has 0 saturated carbocycles. The van der Waals surface area contributed by atoms with E-state index >= 15 is 0 Å². The third-order valence-electron chi connectivity index (χ3n) is 8.48. The summed E-state index contributed by atoms with van der Waals surface area (Å²) in [4.78, 5) is 0. The molecule has 8 aromatic carbocycles. The molecule has 0 heterocycles. The minimum absolute atomic E-state index is 1.36. The van der Waals surface area contributed by atoms with E-state index < -0.39 is 0 Å². The van der Waals surface area contributed by atoms with E-state index in [-0.39, 0.29) is 0 Å². The van der Waals surface area contributed by atoms with Crippen LogP contribution in [0.3, 0.4) is 0 Å². The highest BCUT2D eigenvalue weighted by Gasteiger charge is 2.20. The minimum Gasteiger partial charge on any atom is -0.0683 e. The molecular formula is C38H36. The molecule has 0 atom stereocenters. The average Bonchev–Trinajstić information content (AvgIpc) is 2.95. The summed E-state index contributed by atoms with van der Waals surface area (Å²) in [7, 11) is 0. The molecule has 8 rings (SSSR count). The molecule has 0 aromatic heterocycles. The summed E-state index contributed by atoms with van der Waals surface area (Å²) in [6, 6.07) is 28.1. The Bertz CT molecular complexity index is 1840. The molecule has 8 aromatic rings. The van der Waals surface area contributed by atoms with Gasteiger partial charge in [0.1, 0.15) is 0 Å². The van der Waals surface area contributed by atoms with E-state index in [4.69, 9.17) is 0 Å². The standard InChI is InChI=1S/C34H24.2C2H6/c1-17-5-9-21-25-13-15-27-23-11-7-19(3)30-20(4)8-12-24(32(23)30)28-16-14-26(33(25)34(27)28)22-10-6-18(2)29(17)31(21)22;2*1-2/h5-16H,1-4H3;2*1-2H3. The molecule has 0 aliphatic rings. The quantitative estimate of drug-likeness (QED) is 0.146. The lowest BCUT2D eigenvalue weighted by Crippen LogP contribution is -1.94. The molecule has 0 spiro atoms. The van der Waals surface area contributed by atoms with Gasteiger partial charge in [0.05, 0.1) is 0 Å². The van der Waals surface area contributed by atoms with Crippen LogP contribution in [0, 0.1) is 27.7 Å². The number of rotatable bonds is 0. The zero-order valence-corrected chi connectivity index (χ0v) is 23.9. The second kappa shape index (κ2) is 8.84. The van der Waals surface area contributed by atoms with Crippen LogP contribution in [0.5, 0.6) is 0 Å². The van der Waals surface area contributed by atoms with Crippen LogP contribution in [0.2, 0.25) is 0 Å². The zero-order valence-electron chi connectivity index (χ0n) is 23.9. The topological polar surface area (TPSA) is 0 Å². The Kier molecular flexibility index (Phi) is 5.69. The predicted molar refractivity (Wildman–Crippen MR) is 173 cm³/mol. The largest absolute Gasteiger partial charge is 0.0683 e. The van der Waals surface area contributed by atoms with Crippen molar-refractivity contribution in [2.24, 2.45) is 0 Å². The summed E-state index contributed by atoms with van der Waals surface area (Å²) < 4.78 is 0. The molecule has 0 nitrogen and oxygen atoms in total. The fourth-order valence-corrected chi connectivity index (χ4v) is 7.03. The van der Waals surface area contributed by atoms with Gasteiger partial charge in [-0.25, -0.2) is 0 Å². The van der Waals surface area contributed by atoms with Gasteiger partial charge in [0, 0.05) is 0 Å². The van der Waals surface area contributed by atoms with E-state index in [2.05, 4.69) is 100 Å². The van der Waals surface area contributed by atoms with Crippen molar-refractivity contribution in [2.45, 2.75) is 55.4 Å². The molecule has 188 valence electrons. The van der Waals surface area contributed by atoms with Crippen molar-refractivity contribution in [2.75, 3.05) is 0 Å². The summed E-state index contributed by atoms with van der Waals surface area (Å²) in [5.74, 6) is 0. The smallest absolute Gasteiger partial charge is 0.00139 e. The van der Waals surface area contributed by atoms with Crippen LogP contribution >= 0.6 is 0 Å². The first-order chi connectivity index (χ1) is 18.5. The van der Waals surface area contributed by atoms with Crippen molar-refractivity contribution in [3.63, 3.8) is 0 Å². The molecule has 0 heteroatoms. The van der Waals surface area contributed by atoms with E-state index in [0.29, 0.717) is 0 Å². The van der Waals surface area contributed by atoms with Crippen molar-refractivity contribution in [3.05, 3.63) is 95.1 Å². The molecule has 0 bridgehead atoms. The maximum atomic E-state index is 2.38. The highest BCUT2D eigenvalue weighted by atomic mass is 14.2. The Hall–Kier alpha value is -3.90. The molecule has 0 fully saturated rings. The Morgan fingerprint density at radius 3 is 0.605 bits per heavy atom. The van der Waals surface area contributed by atoms with Gasteiger partial charge in [-0.05, 0) is 125 Å². The Morgan fingerprint density at radius 2 is 0.395 bits per heavy atom. The lowest BCUT2D eigenvalue weighted by atomic mass is 9.82. The first kappa shape index (κ1) is 24.4. The van der Waals surface area contributed by atoms with Gasteiger partial charge < -0.3 is 0 Å². The van der Waals surface area contributed by atoms with Gasteiger partial charge in [0.2, 0.25) is 0 Å². The van der Waals surface area contributed by atoms with Crippen LogP contribution in [0.15, 0.2) is 72.8 Å². The van der Waals surface area contributed by atoms with Crippen LogP contribution in [0.1, 0.15) is 49.9 Å². The number of hydrogen-bond acceptors (Lipinski definition) is 0. The second-order valence-electron chi connectivity index (χ2n) is 10.3. The second-order valence-corrected chi connectivity index (χ2v) is 10.3.